The van der Waals surface area contributed by atoms with Crippen molar-refractivity contribution in [2.75, 3.05) is 13.1 Å². The van der Waals surface area contributed by atoms with Gasteiger partial charge in [-0.2, -0.15) is 14.5 Å². The van der Waals surface area contributed by atoms with E-state index < -0.39 is 9.70 Å². The lowest BCUT2D eigenvalue weighted by molar-refractivity contribution is 0.461. The molecule has 0 amide bonds. The largest absolute Gasteiger partial charge is 0.341 e. The Morgan fingerprint density at radius 1 is 1.18 bits per heavy atom. The first-order valence-corrected chi connectivity index (χ1v) is 9.36. The zero-order chi connectivity index (χ0) is 13.3. The van der Waals surface area contributed by atoms with Gasteiger partial charge in [-0.05, 0) is 36.3 Å². The van der Waals surface area contributed by atoms with E-state index in [-0.39, 0.29) is 5.84 Å². The highest BCUT2D eigenvalue weighted by molar-refractivity contribution is 8.09. The molecule has 0 aromatic heterocycles. The average molecular weight is 358 g/mol. The zero-order valence-electron chi connectivity index (χ0n) is 9.04. The average Bonchev–Trinajstić information content (AvgIpc) is 2.15. The molecule has 0 N–H and O–H groups in total. The van der Waals surface area contributed by atoms with Crippen molar-refractivity contribution in [3.63, 3.8) is 0 Å². The minimum Gasteiger partial charge on any atom is -0.341 e. The summed E-state index contributed by atoms with van der Waals surface area (Å²) in [4.78, 5) is 5.93. The molecule has 0 saturated heterocycles. The lowest BCUT2D eigenvalue weighted by Gasteiger charge is -2.24. The number of rotatable bonds is 2. The van der Waals surface area contributed by atoms with Crippen LogP contribution in [0.5, 0.6) is 0 Å². The highest BCUT2D eigenvalue weighted by Crippen LogP contribution is 2.63. The van der Waals surface area contributed by atoms with E-state index in [2.05, 4.69) is 14.5 Å². The Morgan fingerprint density at radius 3 is 2.12 bits per heavy atom. The predicted octanol–water partition coefficient (Wildman–Crippen LogP) is 4.89. The van der Waals surface area contributed by atoms with Gasteiger partial charge in [0.1, 0.15) is 0 Å². The van der Waals surface area contributed by atoms with Crippen LogP contribution in [0.15, 0.2) is 14.5 Å². The molecule has 1 aliphatic rings. The lowest BCUT2D eigenvalue weighted by atomic mass is 10.5. The molecule has 0 aromatic rings. The summed E-state index contributed by atoms with van der Waals surface area (Å²) in [5.41, 5.74) is 0. The van der Waals surface area contributed by atoms with Crippen molar-refractivity contribution in [1.82, 2.24) is 4.90 Å². The van der Waals surface area contributed by atoms with Crippen LogP contribution in [-0.2, 0) is 0 Å². The Bertz CT molecular complexity index is 403. The summed E-state index contributed by atoms with van der Waals surface area (Å²) in [7, 11) is 0. The SMILES string of the molecule is CCN(CC)C1=NC(C(Cl)(Cl)Cl)=NP(Cl)(Cl)=N1. The minimum atomic E-state index is -2.89. The third-order valence-electron chi connectivity index (χ3n) is 1.93. The molecule has 0 atom stereocenters. The van der Waals surface area contributed by atoms with E-state index in [0.29, 0.717) is 19.0 Å². The minimum absolute atomic E-state index is 0.0299. The summed E-state index contributed by atoms with van der Waals surface area (Å²) in [6.45, 7) is 5.29. The van der Waals surface area contributed by atoms with Crippen molar-refractivity contribution < 1.29 is 0 Å². The van der Waals surface area contributed by atoms with Gasteiger partial charge in [-0.15, -0.1) is 0 Å². The summed E-state index contributed by atoms with van der Waals surface area (Å²) in [6, 6.07) is 0. The van der Waals surface area contributed by atoms with Gasteiger partial charge in [-0.1, -0.05) is 34.8 Å². The van der Waals surface area contributed by atoms with E-state index in [1.807, 2.05) is 18.7 Å². The number of nitrogens with zero attached hydrogens (tertiary/aromatic N) is 4. The number of halogens is 5. The van der Waals surface area contributed by atoms with Gasteiger partial charge in [-0.25, -0.2) is 0 Å². The molecular weight excluding hydrogens is 348 g/mol. The van der Waals surface area contributed by atoms with Crippen LogP contribution >= 0.6 is 63.2 Å². The van der Waals surface area contributed by atoms with Crippen LogP contribution in [0, 0.1) is 0 Å². The molecule has 0 fully saturated rings. The molecular formula is C7H10Cl5N4P. The van der Waals surface area contributed by atoms with Crippen molar-refractivity contribution in [2.45, 2.75) is 17.6 Å². The van der Waals surface area contributed by atoms with Gasteiger partial charge in [0.2, 0.25) is 9.75 Å². The first-order valence-electron chi connectivity index (χ1n) is 4.72. The molecule has 0 saturated carbocycles. The van der Waals surface area contributed by atoms with Crippen molar-refractivity contribution >= 4 is 75.0 Å². The fourth-order valence-electron chi connectivity index (χ4n) is 1.14. The predicted molar refractivity (Wildman–Crippen MR) is 79.1 cm³/mol. The van der Waals surface area contributed by atoms with Crippen LogP contribution in [-0.4, -0.2) is 33.6 Å². The van der Waals surface area contributed by atoms with E-state index in [4.69, 9.17) is 57.3 Å². The molecule has 4 nitrogen and oxygen atoms in total. The second-order valence-electron chi connectivity index (χ2n) is 3.06. The van der Waals surface area contributed by atoms with E-state index in [1.54, 1.807) is 0 Å². The molecule has 0 bridgehead atoms. The number of guanidine groups is 1. The van der Waals surface area contributed by atoms with E-state index in [9.17, 15) is 0 Å². The maximum Gasteiger partial charge on any atom is 0.257 e. The maximum atomic E-state index is 5.96. The van der Waals surface area contributed by atoms with Gasteiger partial charge in [0.25, 0.3) is 5.91 Å². The first-order chi connectivity index (χ1) is 7.69. The summed E-state index contributed by atoms with van der Waals surface area (Å²) < 4.78 is 6.18. The summed E-state index contributed by atoms with van der Waals surface area (Å²) in [5.74, 6) is -2.57. The summed E-state index contributed by atoms with van der Waals surface area (Å²) in [5, 5.41) is 0. The summed E-state index contributed by atoms with van der Waals surface area (Å²) >= 11 is 29.1. The number of hydrogen-bond donors (Lipinski definition) is 0. The Morgan fingerprint density at radius 2 is 1.71 bits per heavy atom. The van der Waals surface area contributed by atoms with Gasteiger partial charge < -0.3 is 4.90 Å². The number of alkyl halides is 3. The molecule has 1 aliphatic heterocycles. The van der Waals surface area contributed by atoms with Crippen molar-refractivity contribution in [3.8, 4) is 0 Å². The van der Waals surface area contributed by atoms with Crippen molar-refractivity contribution in [2.24, 2.45) is 14.5 Å². The van der Waals surface area contributed by atoms with E-state index in [1.165, 1.54) is 0 Å². The van der Waals surface area contributed by atoms with Crippen LogP contribution in [0.1, 0.15) is 13.8 Å². The number of aliphatic imine (C=N–C) groups is 1. The standard InChI is InChI=1S/C7H10Cl5N4P/c1-3-16(4-2)6-13-5(7(8,9)10)14-17(11,12)15-6/h3-4H2,1-2H3. The van der Waals surface area contributed by atoms with Crippen LogP contribution in [0.4, 0.5) is 0 Å². The molecule has 0 spiro atoms. The normalized spacial score (nSPS) is 19.2. The third-order valence-corrected chi connectivity index (χ3v) is 4.19. The van der Waals surface area contributed by atoms with E-state index >= 15 is 0 Å². The second kappa shape index (κ2) is 5.85. The van der Waals surface area contributed by atoms with Crippen molar-refractivity contribution in [1.29, 1.82) is 0 Å². The monoisotopic (exact) mass is 356 g/mol. The first kappa shape index (κ1) is 15.9. The number of amidine groups is 1. The van der Waals surface area contributed by atoms with Gasteiger partial charge >= 0.3 is 0 Å². The molecule has 0 radical (unpaired) electrons. The van der Waals surface area contributed by atoms with Crippen LogP contribution < -0.4 is 0 Å². The topological polar surface area (TPSA) is 40.3 Å². The molecule has 98 valence electrons. The van der Waals surface area contributed by atoms with Crippen LogP contribution in [0.3, 0.4) is 0 Å². The molecule has 17 heavy (non-hydrogen) atoms. The third kappa shape index (κ3) is 4.45. The van der Waals surface area contributed by atoms with Crippen LogP contribution in [0.2, 0.25) is 0 Å². The molecule has 0 aromatic carbocycles. The fourth-order valence-corrected chi connectivity index (χ4v) is 3.26. The van der Waals surface area contributed by atoms with Gasteiger partial charge in [0.15, 0.2) is 5.84 Å². The highest BCUT2D eigenvalue weighted by atomic mass is 35.9. The van der Waals surface area contributed by atoms with Crippen LogP contribution in [0.25, 0.3) is 0 Å². The Kier molecular flexibility index (Phi) is 5.47. The Hall–Kier alpha value is 0.820. The Balaban J connectivity index is 3.22. The smallest absolute Gasteiger partial charge is 0.257 e. The van der Waals surface area contributed by atoms with Gasteiger partial charge in [0, 0.05) is 13.1 Å². The fraction of sp³-hybridized carbons (Fsp3) is 0.714. The van der Waals surface area contributed by atoms with Crippen molar-refractivity contribution in [3.05, 3.63) is 0 Å². The molecule has 10 heteroatoms. The summed E-state index contributed by atoms with van der Waals surface area (Å²) in [6.07, 6.45) is 0. The van der Waals surface area contributed by atoms with Gasteiger partial charge in [-0.3, -0.25) is 0 Å². The molecule has 1 heterocycles. The lowest BCUT2D eigenvalue weighted by Crippen LogP contribution is -2.32. The quantitative estimate of drug-likeness (QED) is 0.512. The van der Waals surface area contributed by atoms with E-state index in [0.717, 1.165) is 0 Å². The molecule has 0 aliphatic carbocycles. The zero-order valence-corrected chi connectivity index (χ0v) is 13.7. The second-order valence-corrected chi connectivity index (χ2v) is 10.0. The maximum absolute atomic E-state index is 5.96. The van der Waals surface area contributed by atoms with Gasteiger partial charge in [0.05, 0.1) is 0 Å². The number of hydrogen-bond acceptors (Lipinski definition) is 4. The molecule has 0 unspecified atom stereocenters. The highest BCUT2D eigenvalue weighted by Gasteiger charge is 2.34. The Labute approximate surface area is 125 Å². The molecule has 1 rings (SSSR count).